The van der Waals surface area contributed by atoms with Crippen LogP contribution in [-0.2, 0) is 10.2 Å². The number of thioether (sulfide) groups is 1. The van der Waals surface area contributed by atoms with Gasteiger partial charge in [0.25, 0.3) is 0 Å². The number of aromatic nitrogens is 2. The molecule has 2 N–H and O–H groups in total. The lowest BCUT2D eigenvalue weighted by Gasteiger charge is -2.22. The van der Waals surface area contributed by atoms with Crippen molar-refractivity contribution in [1.82, 2.24) is 14.7 Å². The van der Waals surface area contributed by atoms with Gasteiger partial charge in [-0.25, -0.2) is 9.48 Å². The molecule has 10 heteroatoms. The summed E-state index contributed by atoms with van der Waals surface area (Å²) in [7, 11) is 0. The number of nitrogens with zero attached hydrogens (tertiary/aromatic N) is 3. The van der Waals surface area contributed by atoms with Crippen molar-refractivity contribution in [3.63, 3.8) is 0 Å². The van der Waals surface area contributed by atoms with Crippen LogP contribution < -0.4 is 10.6 Å². The van der Waals surface area contributed by atoms with E-state index in [0.717, 1.165) is 23.4 Å². The summed E-state index contributed by atoms with van der Waals surface area (Å²) in [5.41, 5.74) is 1.88. The zero-order valence-corrected chi connectivity index (χ0v) is 24.1. The fraction of sp³-hybridized carbons (Fsp3) is 0.370. The maximum absolute atomic E-state index is 13.2. The summed E-state index contributed by atoms with van der Waals surface area (Å²) in [4.78, 5) is 28.8. The quantitative estimate of drug-likeness (QED) is 0.265. The van der Waals surface area contributed by atoms with E-state index >= 15 is 0 Å². The molecule has 3 aromatic rings. The molecule has 0 aliphatic rings. The smallest absolute Gasteiger partial charge is 0.315 e. The van der Waals surface area contributed by atoms with Gasteiger partial charge in [0, 0.05) is 28.6 Å². The first kappa shape index (κ1) is 28.9. The molecule has 198 valence electrons. The zero-order chi connectivity index (χ0) is 27.2. The Morgan fingerprint density at radius 2 is 1.73 bits per heavy atom. The van der Waals surface area contributed by atoms with Crippen LogP contribution in [0.2, 0.25) is 10.0 Å². The van der Waals surface area contributed by atoms with Crippen LogP contribution in [0.15, 0.2) is 53.4 Å². The number of anilines is 2. The maximum atomic E-state index is 13.2. The van der Waals surface area contributed by atoms with E-state index in [1.54, 1.807) is 34.6 Å². The molecule has 0 aliphatic heterocycles. The molecule has 37 heavy (non-hydrogen) atoms. The van der Waals surface area contributed by atoms with Crippen molar-refractivity contribution in [3.8, 4) is 5.69 Å². The third-order valence-corrected chi connectivity index (χ3v) is 7.12. The highest BCUT2D eigenvalue weighted by Crippen LogP contribution is 2.29. The topological polar surface area (TPSA) is 79.3 Å². The molecular weight excluding hydrogens is 529 g/mol. The van der Waals surface area contributed by atoms with E-state index in [-0.39, 0.29) is 23.9 Å². The lowest BCUT2D eigenvalue weighted by atomic mass is 9.92. The second-order valence-electron chi connectivity index (χ2n) is 9.66. The predicted molar refractivity (Wildman–Crippen MR) is 155 cm³/mol. The molecule has 0 spiro atoms. The Morgan fingerprint density at radius 3 is 2.32 bits per heavy atom. The van der Waals surface area contributed by atoms with Gasteiger partial charge in [0.1, 0.15) is 12.4 Å². The van der Waals surface area contributed by atoms with E-state index in [2.05, 4.69) is 10.6 Å². The van der Waals surface area contributed by atoms with Crippen molar-refractivity contribution in [3.05, 3.63) is 64.3 Å². The van der Waals surface area contributed by atoms with Crippen LogP contribution in [0.1, 0.15) is 46.2 Å². The summed E-state index contributed by atoms with van der Waals surface area (Å²) in [5, 5.41) is 11.4. The summed E-state index contributed by atoms with van der Waals surface area (Å²) >= 11 is 14.0. The van der Waals surface area contributed by atoms with Gasteiger partial charge in [0.15, 0.2) is 0 Å². The number of nitrogens with one attached hydrogen (secondary N) is 2. The van der Waals surface area contributed by atoms with E-state index in [0.29, 0.717) is 33.8 Å². The van der Waals surface area contributed by atoms with Crippen molar-refractivity contribution in [2.24, 2.45) is 0 Å². The van der Waals surface area contributed by atoms with Gasteiger partial charge in [0.05, 0.1) is 21.4 Å². The monoisotopic (exact) mass is 561 g/mol. The fourth-order valence-corrected chi connectivity index (χ4v) is 4.18. The molecule has 7 nitrogen and oxygen atoms in total. The zero-order valence-electron chi connectivity index (χ0n) is 21.8. The number of hydrogen-bond acceptors (Lipinski definition) is 4. The van der Waals surface area contributed by atoms with Crippen molar-refractivity contribution >= 4 is 58.4 Å². The van der Waals surface area contributed by atoms with Crippen LogP contribution in [0.3, 0.4) is 0 Å². The number of benzene rings is 2. The van der Waals surface area contributed by atoms with E-state index in [1.165, 1.54) is 4.90 Å². The lowest BCUT2D eigenvalue weighted by Crippen LogP contribution is -2.41. The fourth-order valence-electron chi connectivity index (χ4n) is 3.48. The number of hydrogen-bond donors (Lipinski definition) is 2. The SMILES string of the molecule is CCCCN(CC(=O)Nc1cc(C(C)(C)C)nn1-c1ccc(Cl)c(Cl)c1)C(=O)Nc1ccc(SC)cc1. The normalized spacial score (nSPS) is 11.3. The molecule has 0 radical (unpaired) electrons. The van der Waals surface area contributed by atoms with Gasteiger partial charge in [-0.15, -0.1) is 11.8 Å². The van der Waals surface area contributed by atoms with Gasteiger partial charge in [0.2, 0.25) is 5.91 Å². The Balaban J connectivity index is 1.81. The number of carbonyl (C=O) groups is 2. The summed E-state index contributed by atoms with van der Waals surface area (Å²) in [5.74, 6) is 0.155. The molecular formula is C27H33Cl2N5O2S. The molecule has 3 amide bonds. The van der Waals surface area contributed by atoms with Crippen molar-refractivity contribution in [2.45, 2.75) is 50.8 Å². The van der Waals surface area contributed by atoms with Crippen LogP contribution in [0.25, 0.3) is 5.69 Å². The third-order valence-electron chi connectivity index (χ3n) is 5.64. The van der Waals surface area contributed by atoms with Gasteiger partial charge in [-0.1, -0.05) is 57.3 Å². The molecule has 0 aliphatic carbocycles. The second kappa shape index (κ2) is 12.7. The Labute approximate surface area is 232 Å². The van der Waals surface area contributed by atoms with Crippen molar-refractivity contribution in [1.29, 1.82) is 0 Å². The highest BCUT2D eigenvalue weighted by Gasteiger charge is 2.23. The van der Waals surface area contributed by atoms with Gasteiger partial charge in [-0.05, 0) is 55.1 Å². The number of amides is 3. The van der Waals surface area contributed by atoms with Gasteiger partial charge < -0.3 is 15.5 Å². The van der Waals surface area contributed by atoms with Crippen molar-refractivity contribution < 1.29 is 9.59 Å². The molecule has 3 rings (SSSR count). The summed E-state index contributed by atoms with van der Waals surface area (Å²) in [6, 6.07) is 14.3. The molecule has 0 saturated heterocycles. The van der Waals surface area contributed by atoms with Crippen molar-refractivity contribution in [2.75, 3.05) is 30.0 Å². The summed E-state index contributed by atoms with van der Waals surface area (Å²) in [6.45, 7) is 8.53. The number of halogens is 2. The van der Waals surface area contributed by atoms with Gasteiger partial charge in [-0.3, -0.25) is 4.79 Å². The Hall–Kier alpha value is -2.68. The minimum atomic E-state index is -0.328. The average Bonchev–Trinajstić information content (AvgIpc) is 3.28. The van der Waals surface area contributed by atoms with Crippen LogP contribution >= 0.6 is 35.0 Å². The molecule has 1 heterocycles. The highest BCUT2D eigenvalue weighted by molar-refractivity contribution is 7.98. The molecule has 0 fully saturated rings. The second-order valence-corrected chi connectivity index (χ2v) is 11.4. The summed E-state index contributed by atoms with van der Waals surface area (Å²) in [6.07, 6.45) is 3.67. The molecule has 0 atom stereocenters. The molecule has 0 unspecified atom stereocenters. The van der Waals surface area contributed by atoms with E-state index in [9.17, 15) is 9.59 Å². The number of rotatable bonds is 9. The first-order valence-corrected chi connectivity index (χ1v) is 14.1. The third kappa shape index (κ3) is 7.90. The average molecular weight is 563 g/mol. The Bertz CT molecular complexity index is 1240. The maximum Gasteiger partial charge on any atom is 0.322 e. The minimum Gasteiger partial charge on any atom is -0.315 e. The Kier molecular flexibility index (Phi) is 9.93. The number of unbranched alkanes of at least 4 members (excludes halogenated alkanes) is 1. The summed E-state index contributed by atoms with van der Waals surface area (Å²) < 4.78 is 1.63. The largest absolute Gasteiger partial charge is 0.322 e. The molecule has 2 aromatic carbocycles. The molecule has 0 saturated carbocycles. The predicted octanol–water partition coefficient (Wildman–Crippen LogP) is 7.47. The number of urea groups is 1. The Morgan fingerprint density at radius 1 is 1.03 bits per heavy atom. The van der Waals surface area contributed by atoms with Gasteiger partial charge >= 0.3 is 6.03 Å². The lowest BCUT2D eigenvalue weighted by molar-refractivity contribution is -0.116. The molecule has 1 aromatic heterocycles. The standard InChI is InChI=1S/C27H33Cl2N5O2S/c1-6-7-14-33(26(36)30-18-8-11-20(37-5)12-9-18)17-25(35)31-24-16-23(27(2,3)4)32-34(24)19-10-13-21(28)22(29)15-19/h8-13,15-16H,6-7,14,17H2,1-5H3,(H,30,36)(H,31,35). The first-order valence-electron chi connectivity index (χ1n) is 12.1. The number of carbonyl (C=O) groups excluding carboxylic acids is 2. The van der Waals surface area contributed by atoms with E-state index in [1.807, 2.05) is 64.3 Å². The van der Waals surface area contributed by atoms with E-state index in [4.69, 9.17) is 28.3 Å². The van der Waals surface area contributed by atoms with E-state index < -0.39 is 0 Å². The van der Waals surface area contributed by atoms with Crippen LogP contribution in [0.5, 0.6) is 0 Å². The van der Waals surface area contributed by atoms with Gasteiger partial charge in [-0.2, -0.15) is 5.10 Å². The van der Waals surface area contributed by atoms with Crippen LogP contribution in [0.4, 0.5) is 16.3 Å². The van der Waals surface area contributed by atoms with Crippen LogP contribution in [-0.4, -0.2) is 46.0 Å². The first-order chi connectivity index (χ1) is 17.5. The highest BCUT2D eigenvalue weighted by atomic mass is 35.5. The van der Waals surface area contributed by atoms with Crippen LogP contribution in [0, 0.1) is 0 Å². The minimum absolute atomic E-state index is 0.105. The molecule has 0 bridgehead atoms.